The van der Waals surface area contributed by atoms with E-state index in [1.807, 2.05) is 24.3 Å². The molecule has 0 spiro atoms. The van der Waals surface area contributed by atoms with Gasteiger partial charge in [0.05, 0.1) is 26.8 Å². The van der Waals surface area contributed by atoms with E-state index < -0.39 is 16.8 Å². The summed E-state index contributed by atoms with van der Waals surface area (Å²) in [6.45, 7) is 1.63. The zero-order valence-corrected chi connectivity index (χ0v) is 18.4. The van der Waals surface area contributed by atoms with Gasteiger partial charge in [-0.05, 0) is 19.1 Å². The smallest absolute Gasteiger partial charge is 0.326 e. The standard InChI is InChI=1S/C20H14ClN3O5S2/c1-2-29-16(25)10-23-13-9-11(24(27)28)7-8-15(13)31-20(23)22-19(26)18-17(21)12-5-3-4-6-14(12)30-18/h3-9H,2,10H2,1H3. The SMILES string of the molecule is CCOC(=O)Cn1c(=NC(=O)c2sc3ccccc3c2Cl)sc2ccc([N+](=O)[O-])cc21. The van der Waals surface area contributed by atoms with Gasteiger partial charge in [0.2, 0.25) is 0 Å². The Labute approximate surface area is 188 Å². The third-order valence-corrected chi connectivity index (χ3v) is 7.12. The second-order valence-electron chi connectivity index (χ2n) is 6.34. The number of nitro benzene ring substituents is 1. The third-order valence-electron chi connectivity index (χ3n) is 4.40. The van der Waals surface area contributed by atoms with E-state index in [1.54, 1.807) is 13.0 Å². The predicted octanol–water partition coefficient (Wildman–Crippen LogP) is 4.78. The molecule has 2 heterocycles. The number of carbonyl (C=O) groups is 2. The summed E-state index contributed by atoms with van der Waals surface area (Å²) in [6, 6.07) is 11.6. The topological polar surface area (TPSA) is 104 Å². The number of hydrogen-bond acceptors (Lipinski definition) is 7. The molecule has 0 unspecified atom stereocenters. The van der Waals surface area contributed by atoms with Gasteiger partial charge < -0.3 is 9.30 Å². The van der Waals surface area contributed by atoms with Gasteiger partial charge in [-0.3, -0.25) is 19.7 Å². The molecule has 0 saturated carbocycles. The molecule has 1 amide bonds. The summed E-state index contributed by atoms with van der Waals surface area (Å²) in [4.78, 5) is 40.5. The van der Waals surface area contributed by atoms with E-state index in [4.69, 9.17) is 16.3 Å². The van der Waals surface area contributed by atoms with Crippen molar-refractivity contribution in [1.82, 2.24) is 4.57 Å². The zero-order chi connectivity index (χ0) is 22.1. The lowest BCUT2D eigenvalue weighted by Gasteiger charge is -2.05. The molecule has 0 fully saturated rings. The zero-order valence-electron chi connectivity index (χ0n) is 16.0. The number of thiophene rings is 1. The molecule has 0 aliphatic rings. The van der Waals surface area contributed by atoms with Crippen LogP contribution in [0, 0.1) is 10.1 Å². The van der Waals surface area contributed by atoms with Crippen molar-refractivity contribution in [2.24, 2.45) is 4.99 Å². The number of nitrogens with zero attached hydrogens (tertiary/aromatic N) is 3. The van der Waals surface area contributed by atoms with Crippen molar-refractivity contribution in [2.75, 3.05) is 6.61 Å². The van der Waals surface area contributed by atoms with Gasteiger partial charge in [-0.15, -0.1) is 11.3 Å². The van der Waals surface area contributed by atoms with E-state index in [1.165, 1.54) is 28.0 Å². The highest BCUT2D eigenvalue weighted by molar-refractivity contribution is 7.21. The molecule has 2 aromatic heterocycles. The van der Waals surface area contributed by atoms with Crippen LogP contribution >= 0.6 is 34.3 Å². The summed E-state index contributed by atoms with van der Waals surface area (Å²) in [5, 5.41) is 12.3. The Kier molecular flexibility index (Phi) is 5.86. The number of nitro groups is 1. The fourth-order valence-corrected chi connectivity index (χ4v) is 5.44. The maximum absolute atomic E-state index is 12.9. The van der Waals surface area contributed by atoms with Crippen molar-refractivity contribution >= 4 is 72.1 Å². The molecule has 4 rings (SSSR count). The van der Waals surface area contributed by atoms with Crippen molar-refractivity contribution < 1.29 is 19.2 Å². The minimum atomic E-state index is -0.551. The number of rotatable bonds is 5. The third kappa shape index (κ3) is 4.09. The van der Waals surface area contributed by atoms with Crippen molar-refractivity contribution in [1.29, 1.82) is 0 Å². The maximum atomic E-state index is 12.9. The summed E-state index contributed by atoms with van der Waals surface area (Å²) in [6.07, 6.45) is 0. The quantitative estimate of drug-likeness (QED) is 0.234. The lowest BCUT2D eigenvalue weighted by Crippen LogP contribution is -2.23. The number of hydrogen-bond donors (Lipinski definition) is 0. The van der Waals surface area contributed by atoms with Crippen LogP contribution < -0.4 is 4.80 Å². The highest BCUT2D eigenvalue weighted by Crippen LogP contribution is 2.35. The average molecular weight is 476 g/mol. The molecule has 4 aromatic rings. The molecule has 0 atom stereocenters. The molecule has 0 N–H and O–H groups in total. The van der Waals surface area contributed by atoms with Gasteiger partial charge in [0.25, 0.3) is 11.6 Å². The Hall–Kier alpha value is -3.08. The second kappa shape index (κ2) is 8.58. The van der Waals surface area contributed by atoms with Crippen LogP contribution in [0.15, 0.2) is 47.5 Å². The fraction of sp³-hybridized carbons (Fsp3) is 0.150. The van der Waals surface area contributed by atoms with Gasteiger partial charge in [0, 0.05) is 22.2 Å². The summed E-state index contributed by atoms with van der Waals surface area (Å²) in [5.41, 5.74) is 0.287. The first kappa shape index (κ1) is 21.2. The first-order valence-corrected chi connectivity index (χ1v) is 11.1. The number of benzene rings is 2. The Morgan fingerprint density at radius 2 is 1.97 bits per heavy atom. The van der Waals surface area contributed by atoms with Crippen LogP contribution in [0.1, 0.15) is 16.6 Å². The minimum Gasteiger partial charge on any atom is -0.465 e. The number of amides is 1. The number of halogens is 1. The minimum absolute atomic E-state index is 0.131. The first-order valence-electron chi connectivity index (χ1n) is 9.08. The van der Waals surface area contributed by atoms with Crippen LogP contribution in [0.25, 0.3) is 20.3 Å². The van der Waals surface area contributed by atoms with E-state index in [0.29, 0.717) is 15.2 Å². The monoisotopic (exact) mass is 475 g/mol. The molecular formula is C20H14ClN3O5S2. The molecule has 0 aliphatic carbocycles. The molecule has 8 nitrogen and oxygen atoms in total. The lowest BCUT2D eigenvalue weighted by molar-refractivity contribution is -0.384. The van der Waals surface area contributed by atoms with Gasteiger partial charge >= 0.3 is 5.97 Å². The van der Waals surface area contributed by atoms with Gasteiger partial charge in [-0.25, -0.2) is 0 Å². The molecule has 158 valence electrons. The predicted molar refractivity (Wildman–Crippen MR) is 120 cm³/mol. The Morgan fingerprint density at radius 1 is 1.19 bits per heavy atom. The van der Waals surface area contributed by atoms with Crippen LogP contribution in [0.3, 0.4) is 0 Å². The fourth-order valence-electron chi connectivity index (χ4n) is 3.03. The molecule has 0 radical (unpaired) electrons. The lowest BCUT2D eigenvalue weighted by atomic mass is 10.2. The second-order valence-corrected chi connectivity index (χ2v) is 8.78. The number of fused-ring (bicyclic) bond motifs is 2. The average Bonchev–Trinajstić information content (AvgIpc) is 3.25. The van der Waals surface area contributed by atoms with Crippen molar-refractivity contribution in [3.05, 3.63) is 67.3 Å². The summed E-state index contributed by atoms with van der Waals surface area (Å²) < 4.78 is 7.96. The van der Waals surface area contributed by atoms with Crippen LogP contribution in [-0.4, -0.2) is 28.0 Å². The van der Waals surface area contributed by atoms with E-state index in [9.17, 15) is 19.7 Å². The van der Waals surface area contributed by atoms with E-state index >= 15 is 0 Å². The molecule has 0 saturated heterocycles. The van der Waals surface area contributed by atoms with Crippen LogP contribution in [-0.2, 0) is 16.1 Å². The molecular weight excluding hydrogens is 462 g/mol. The Balaban J connectivity index is 1.87. The van der Waals surface area contributed by atoms with Gasteiger partial charge in [0.1, 0.15) is 11.4 Å². The van der Waals surface area contributed by atoms with Gasteiger partial charge in [0.15, 0.2) is 4.80 Å². The molecule has 0 aliphatic heterocycles. The van der Waals surface area contributed by atoms with Gasteiger partial charge in [-0.2, -0.15) is 4.99 Å². The first-order chi connectivity index (χ1) is 14.9. The van der Waals surface area contributed by atoms with Crippen LogP contribution in [0.2, 0.25) is 5.02 Å². The van der Waals surface area contributed by atoms with Crippen molar-refractivity contribution in [2.45, 2.75) is 13.5 Å². The summed E-state index contributed by atoms with van der Waals surface area (Å²) in [5.74, 6) is -1.09. The molecule has 2 aromatic carbocycles. The number of non-ortho nitro benzene ring substituents is 1. The summed E-state index contributed by atoms with van der Waals surface area (Å²) >= 11 is 8.77. The van der Waals surface area contributed by atoms with Crippen molar-refractivity contribution in [3.8, 4) is 0 Å². The molecule has 0 bridgehead atoms. The number of aromatic nitrogens is 1. The van der Waals surface area contributed by atoms with E-state index in [0.717, 1.165) is 21.4 Å². The normalized spacial score (nSPS) is 11.9. The van der Waals surface area contributed by atoms with Crippen LogP contribution in [0.4, 0.5) is 5.69 Å². The number of esters is 1. The molecule has 11 heteroatoms. The number of thiazole rings is 1. The number of carbonyl (C=O) groups excluding carboxylic acids is 2. The van der Waals surface area contributed by atoms with Crippen molar-refractivity contribution in [3.63, 3.8) is 0 Å². The van der Waals surface area contributed by atoms with E-state index in [2.05, 4.69) is 4.99 Å². The van der Waals surface area contributed by atoms with E-state index in [-0.39, 0.29) is 28.5 Å². The molecule has 31 heavy (non-hydrogen) atoms. The Morgan fingerprint density at radius 3 is 2.68 bits per heavy atom. The maximum Gasteiger partial charge on any atom is 0.326 e. The number of ether oxygens (including phenoxy) is 1. The highest BCUT2D eigenvalue weighted by atomic mass is 35.5. The van der Waals surface area contributed by atoms with Gasteiger partial charge in [-0.1, -0.05) is 41.1 Å². The largest absolute Gasteiger partial charge is 0.465 e. The summed E-state index contributed by atoms with van der Waals surface area (Å²) in [7, 11) is 0. The Bertz CT molecular complexity index is 1420. The highest BCUT2D eigenvalue weighted by Gasteiger charge is 2.19. The van der Waals surface area contributed by atoms with Crippen LogP contribution in [0.5, 0.6) is 0 Å².